The zero-order chi connectivity index (χ0) is 21.8. The number of allylic oxidation sites excluding steroid dienone is 1. The zero-order valence-electron chi connectivity index (χ0n) is 15.7. The molecule has 1 fully saturated rings. The average molecular weight is 418 g/mol. The van der Waals surface area contributed by atoms with Gasteiger partial charge >= 0.3 is 0 Å². The molecule has 1 aliphatic heterocycles. The van der Waals surface area contributed by atoms with E-state index in [1.807, 2.05) is 0 Å². The van der Waals surface area contributed by atoms with Crippen molar-refractivity contribution in [2.45, 2.75) is 30.7 Å². The van der Waals surface area contributed by atoms with E-state index in [2.05, 4.69) is 0 Å². The molecule has 5 unspecified atom stereocenters. The topological polar surface area (TPSA) is 157 Å². The SMILES string of the molecule is O=C(C=Cc1ccc(OC2OC(CO)C(O)C(O)C2O)cc1)c1cccc(O)c1O. The smallest absolute Gasteiger partial charge is 0.229 e. The van der Waals surface area contributed by atoms with Crippen molar-refractivity contribution in [3.05, 3.63) is 59.7 Å². The second-order valence-electron chi connectivity index (χ2n) is 6.76. The summed E-state index contributed by atoms with van der Waals surface area (Å²) in [5.41, 5.74) is 0.595. The number of para-hydroxylation sites is 1. The van der Waals surface area contributed by atoms with E-state index in [4.69, 9.17) is 9.47 Å². The Hall–Kier alpha value is -2.95. The maximum atomic E-state index is 12.2. The van der Waals surface area contributed by atoms with Gasteiger partial charge in [0.1, 0.15) is 30.2 Å². The van der Waals surface area contributed by atoms with Gasteiger partial charge < -0.3 is 40.1 Å². The predicted octanol–water partition coefficient (Wildman–Crippen LogP) is 0.173. The minimum Gasteiger partial charge on any atom is -0.504 e. The van der Waals surface area contributed by atoms with Crippen LogP contribution < -0.4 is 4.74 Å². The first-order chi connectivity index (χ1) is 14.3. The number of carbonyl (C=O) groups excluding carboxylic acids is 1. The molecule has 9 heteroatoms. The number of phenolic OH excluding ortho intramolecular Hbond substituents is 2. The van der Waals surface area contributed by atoms with E-state index in [-0.39, 0.29) is 17.1 Å². The summed E-state index contributed by atoms with van der Waals surface area (Å²) in [6.45, 7) is -0.558. The molecule has 1 heterocycles. The molecule has 5 atom stereocenters. The quantitative estimate of drug-likeness (QED) is 0.219. The van der Waals surface area contributed by atoms with Crippen LogP contribution in [0.3, 0.4) is 0 Å². The van der Waals surface area contributed by atoms with Crippen LogP contribution in [0.2, 0.25) is 0 Å². The molecule has 3 rings (SSSR count). The van der Waals surface area contributed by atoms with Crippen molar-refractivity contribution >= 4 is 11.9 Å². The van der Waals surface area contributed by atoms with Crippen LogP contribution in [0, 0.1) is 0 Å². The summed E-state index contributed by atoms with van der Waals surface area (Å²) in [4.78, 5) is 12.2. The van der Waals surface area contributed by atoms with Crippen molar-refractivity contribution in [2.75, 3.05) is 6.61 Å². The molecule has 1 aliphatic rings. The van der Waals surface area contributed by atoms with E-state index >= 15 is 0 Å². The van der Waals surface area contributed by atoms with Gasteiger partial charge in [0.05, 0.1) is 12.2 Å². The molecule has 9 nitrogen and oxygen atoms in total. The summed E-state index contributed by atoms with van der Waals surface area (Å²) in [6, 6.07) is 10.4. The highest BCUT2D eigenvalue weighted by molar-refractivity contribution is 6.09. The van der Waals surface area contributed by atoms with Crippen LogP contribution in [-0.2, 0) is 4.74 Å². The molecule has 0 radical (unpaired) electrons. The van der Waals surface area contributed by atoms with E-state index in [0.29, 0.717) is 5.56 Å². The van der Waals surface area contributed by atoms with Crippen LogP contribution in [0.25, 0.3) is 6.08 Å². The number of hydrogen-bond donors (Lipinski definition) is 6. The molecule has 0 bridgehead atoms. The molecule has 2 aromatic carbocycles. The van der Waals surface area contributed by atoms with Crippen molar-refractivity contribution in [1.29, 1.82) is 0 Å². The Morgan fingerprint density at radius 3 is 2.37 bits per heavy atom. The Morgan fingerprint density at radius 1 is 1.00 bits per heavy atom. The van der Waals surface area contributed by atoms with E-state index < -0.39 is 48.8 Å². The van der Waals surface area contributed by atoms with Crippen molar-refractivity contribution in [2.24, 2.45) is 0 Å². The number of aromatic hydroxyl groups is 2. The minimum atomic E-state index is -1.54. The summed E-state index contributed by atoms with van der Waals surface area (Å²) < 4.78 is 10.8. The largest absolute Gasteiger partial charge is 0.504 e. The Labute approximate surface area is 171 Å². The normalized spacial score (nSPS) is 26.6. The summed E-state index contributed by atoms with van der Waals surface area (Å²) >= 11 is 0. The molecule has 0 spiro atoms. The number of aliphatic hydroxyl groups is 4. The summed E-state index contributed by atoms with van der Waals surface area (Å²) in [5.74, 6) is -1.09. The fraction of sp³-hybridized carbons (Fsp3) is 0.286. The van der Waals surface area contributed by atoms with Gasteiger partial charge in [0, 0.05) is 0 Å². The number of benzene rings is 2. The Kier molecular flexibility index (Phi) is 6.70. The molecule has 1 saturated heterocycles. The van der Waals surface area contributed by atoms with E-state index in [0.717, 1.165) is 0 Å². The molecule has 2 aromatic rings. The first-order valence-electron chi connectivity index (χ1n) is 9.12. The number of carbonyl (C=O) groups is 1. The molecule has 160 valence electrons. The minimum absolute atomic E-state index is 0.0335. The highest BCUT2D eigenvalue weighted by Crippen LogP contribution is 2.29. The van der Waals surface area contributed by atoms with E-state index in [1.165, 1.54) is 42.5 Å². The van der Waals surface area contributed by atoms with Crippen molar-refractivity contribution < 1.29 is 44.9 Å². The van der Waals surface area contributed by atoms with Crippen LogP contribution >= 0.6 is 0 Å². The average Bonchev–Trinajstić information content (AvgIpc) is 2.75. The Balaban J connectivity index is 1.65. The third kappa shape index (κ3) is 4.61. The lowest BCUT2D eigenvalue weighted by Crippen LogP contribution is -2.60. The first kappa shape index (κ1) is 21.8. The molecule has 6 N–H and O–H groups in total. The highest BCUT2D eigenvalue weighted by atomic mass is 16.7. The van der Waals surface area contributed by atoms with Crippen molar-refractivity contribution in [3.8, 4) is 17.2 Å². The van der Waals surface area contributed by atoms with E-state index in [1.54, 1.807) is 12.1 Å². The second-order valence-corrected chi connectivity index (χ2v) is 6.76. The van der Waals surface area contributed by atoms with Crippen LogP contribution in [-0.4, -0.2) is 73.7 Å². The van der Waals surface area contributed by atoms with Gasteiger partial charge in [-0.15, -0.1) is 0 Å². The van der Waals surface area contributed by atoms with E-state index in [9.17, 15) is 35.4 Å². The number of phenols is 2. The predicted molar refractivity (Wildman–Crippen MR) is 104 cm³/mol. The fourth-order valence-corrected chi connectivity index (χ4v) is 2.95. The van der Waals surface area contributed by atoms with Crippen LogP contribution in [0.4, 0.5) is 0 Å². The molecule has 30 heavy (non-hydrogen) atoms. The van der Waals surface area contributed by atoms with Gasteiger partial charge in [-0.1, -0.05) is 24.3 Å². The number of ketones is 1. The van der Waals surface area contributed by atoms with Gasteiger partial charge in [-0.3, -0.25) is 4.79 Å². The molecular weight excluding hydrogens is 396 g/mol. The van der Waals surface area contributed by atoms with Crippen molar-refractivity contribution in [3.63, 3.8) is 0 Å². The van der Waals surface area contributed by atoms with Gasteiger partial charge in [0.2, 0.25) is 6.29 Å². The fourth-order valence-electron chi connectivity index (χ4n) is 2.95. The monoisotopic (exact) mass is 418 g/mol. The van der Waals surface area contributed by atoms with Crippen LogP contribution in [0.5, 0.6) is 17.2 Å². The Bertz CT molecular complexity index is 907. The lowest BCUT2D eigenvalue weighted by atomic mass is 9.99. The van der Waals surface area contributed by atoms with Crippen LogP contribution in [0.1, 0.15) is 15.9 Å². The lowest BCUT2D eigenvalue weighted by molar-refractivity contribution is -0.277. The maximum absolute atomic E-state index is 12.2. The van der Waals surface area contributed by atoms with Gasteiger partial charge in [0.15, 0.2) is 17.3 Å². The van der Waals surface area contributed by atoms with Gasteiger partial charge in [-0.05, 0) is 35.9 Å². The number of aliphatic hydroxyl groups excluding tert-OH is 4. The standard InChI is InChI=1S/C21H22O9/c22-10-16-18(26)19(27)20(28)21(30-16)29-12-7-4-11(5-8-12)6-9-14(23)13-2-1-3-15(24)17(13)25/h1-9,16,18-22,24-28H,10H2. The third-order valence-corrected chi connectivity index (χ3v) is 4.69. The highest BCUT2D eigenvalue weighted by Gasteiger charge is 2.44. The zero-order valence-corrected chi connectivity index (χ0v) is 15.7. The molecule has 0 aromatic heterocycles. The number of ether oxygens (including phenoxy) is 2. The van der Waals surface area contributed by atoms with Crippen LogP contribution in [0.15, 0.2) is 48.5 Å². The second kappa shape index (κ2) is 9.24. The molecule has 0 amide bonds. The molecular formula is C21H22O9. The summed E-state index contributed by atoms with van der Waals surface area (Å²) in [7, 11) is 0. The maximum Gasteiger partial charge on any atom is 0.229 e. The number of hydrogen-bond acceptors (Lipinski definition) is 9. The van der Waals surface area contributed by atoms with Crippen molar-refractivity contribution in [1.82, 2.24) is 0 Å². The number of rotatable bonds is 6. The molecule has 0 saturated carbocycles. The third-order valence-electron chi connectivity index (χ3n) is 4.69. The summed E-state index contributed by atoms with van der Waals surface area (Å²) in [6.07, 6.45) is -4.16. The Morgan fingerprint density at radius 2 is 1.70 bits per heavy atom. The first-order valence-corrected chi connectivity index (χ1v) is 9.12. The van der Waals surface area contributed by atoms with Gasteiger partial charge in [-0.25, -0.2) is 0 Å². The molecule has 0 aliphatic carbocycles. The van der Waals surface area contributed by atoms with Gasteiger partial charge in [-0.2, -0.15) is 0 Å². The van der Waals surface area contributed by atoms with Gasteiger partial charge in [0.25, 0.3) is 0 Å². The lowest BCUT2D eigenvalue weighted by Gasteiger charge is -2.39. The summed E-state index contributed by atoms with van der Waals surface area (Å²) in [5, 5.41) is 58.0.